The van der Waals surface area contributed by atoms with Crippen molar-refractivity contribution in [3.05, 3.63) is 0 Å². The van der Waals surface area contributed by atoms with Gasteiger partial charge in [0, 0.05) is 13.1 Å². The number of rotatable bonds is 5. The summed E-state index contributed by atoms with van der Waals surface area (Å²) >= 11 is 0. The normalized spacial score (nSPS) is 19.8. The van der Waals surface area contributed by atoms with E-state index in [1.54, 1.807) is 0 Å². The Balaban J connectivity index is 1.91. The van der Waals surface area contributed by atoms with Crippen molar-refractivity contribution >= 4 is 0 Å². The van der Waals surface area contributed by atoms with Gasteiger partial charge in [-0.15, -0.1) is 0 Å². The fraction of sp³-hybridized carbons (Fsp3) is 1.00. The van der Waals surface area contributed by atoms with Gasteiger partial charge in [-0.1, -0.05) is 0 Å². The second kappa shape index (κ2) is 6.37. The zero-order valence-electron chi connectivity index (χ0n) is 7.33. The molecule has 0 aliphatic carbocycles. The summed E-state index contributed by atoms with van der Waals surface area (Å²) in [6.45, 7) is 4.66. The van der Waals surface area contributed by atoms with Crippen LogP contribution in [0.25, 0.3) is 0 Å². The highest BCUT2D eigenvalue weighted by Crippen LogP contribution is 1.96. The second-order valence-corrected chi connectivity index (χ2v) is 2.83. The summed E-state index contributed by atoms with van der Waals surface area (Å²) in [6, 6.07) is 0. The van der Waals surface area contributed by atoms with Gasteiger partial charge in [-0.05, 0) is 6.42 Å². The van der Waals surface area contributed by atoms with E-state index in [1.165, 1.54) is 0 Å². The fourth-order valence-corrected chi connectivity index (χ4v) is 1.08. The molecule has 1 radical (unpaired) electrons. The van der Waals surface area contributed by atoms with E-state index in [4.69, 9.17) is 9.47 Å². The summed E-state index contributed by atoms with van der Waals surface area (Å²) in [5, 5.41) is 10.1. The molecule has 0 aromatic heterocycles. The van der Waals surface area contributed by atoms with Crippen LogP contribution in [0.15, 0.2) is 0 Å². The second-order valence-electron chi connectivity index (χ2n) is 2.83. The van der Waals surface area contributed by atoms with E-state index in [1.807, 2.05) is 0 Å². The molecule has 1 rings (SSSR count). The highest BCUT2D eigenvalue weighted by atomic mass is 16.5. The van der Waals surface area contributed by atoms with Gasteiger partial charge in [-0.3, -0.25) is 4.90 Å². The van der Waals surface area contributed by atoms with Gasteiger partial charge in [0.25, 0.3) is 0 Å². The van der Waals surface area contributed by atoms with E-state index in [0.717, 1.165) is 26.3 Å². The topological polar surface area (TPSA) is 41.6 Å². The minimum Gasteiger partial charge on any atom is -0.379 e. The van der Waals surface area contributed by atoms with Gasteiger partial charge in [0.05, 0.1) is 33.2 Å². The third kappa shape index (κ3) is 4.01. The van der Waals surface area contributed by atoms with Crippen LogP contribution in [0.4, 0.5) is 0 Å². The fourth-order valence-electron chi connectivity index (χ4n) is 1.08. The number of hydrogen-bond acceptors (Lipinski definition) is 3. The lowest BCUT2D eigenvalue weighted by Gasteiger charge is -2.25. The molecule has 0 aromatic carbocycles. The van der Waals surface area contributed by atoms with Gasteiger partial charge in [-0.2, -0.15) is 0 Å². The molecule has 4 heteroatoms. The molecule has 0 spiro atoms. The van der Waals surface area contributed by atoms with Crippen molar-refractivity contribution in [2.75, 3.05) is 46.2 Å². The van der Waals surface area contributed by atoms with Crippen LogP contribution >= 0.6 is 0 Å². The maximum Gasteiger partial charge on any atom is 0.0991 e. The molecule has 0 N–H and O–H groups in total. The Kier molecular flexibility index (Phi) is 5.27. The maximum atomic E-state index is 10.1. The van der Waals surface area contributed by atoms with Crippen molar-refractivity contribution in [1.29, 1.82) is 0 Å². The smallest absolute Gasteiger partial charge is 0.0991 e. The summed E-state index contributed by atoms with van der Waals surface area (Å²) in [6.07, 6.45) is 0.615. The largest absolute Gasteiger partial charge is 0.379 e. The third-order valence-corrected chi connectivity index (χ3v) is 1.81. The van der Waals surface area contributed by atoms with Crippen LogP contribution in [0.1, 0.15) is 6.42 Å². The molecular weight excluding hydrogens is 158 g/mol. The number of nitrogens with zero attached hydrogens (tertiary/aromatic N) is 1. The molecule has 0 unspecified atom stereocenters. The van der Waals surface area contributed by atoms with Crippen LogP contribution in [0.5, 0.6) is 0 Å². The van der Waals surface area contributed by atoms with Gasteiger partial charge in [0.15, 0.2) is 0 Å². The van der Waals surface area contributed by atoms with E-state index in [2.05, 4.69) is 4.90 Å². The first-order valence-electron chi connectivity index (χ1n) is 4.39. The Morgan fingerprint density at radius 3 is 2.75 bits per heavy atom. The Hall–Kier alpha value is -0.160. The van der Waals surface area contributed by atoms with Crippen LogP contribution < -0.4 is 0 Å². The summed E-state index contributed by atoms with van der Waals surface area (Å²) in [5.74, 6) is 0. The van der Waals surface area contributed by atoms with Gasteiger partial charge in [0.1, 0.15) is 0 Å². The van der Waals surface area contributed by atoms with Crippen molar-refractivity contribution in [3.63, 3.8) is 0 Å². The number of morpholine rings is 1. The molecule has 0 aromatic rings. The van der Waals surface area contributed by atoms with Crippen LogP contribution in [0.3, 0.4) is 0 Å². The Morgan fingerprint density at radius 1 is 1.33 bits per heavy atom. The van der Waals surface area contributed by atoms with Crippen LogP contribution in [0.2, 0.25) is 0 Å². The van der Waals surface area contributed by atoms with Crippen molar-refractivity contribution in [3.8, 4) is 0 Å². The van der Waals surface area contributed by atoms with Gasteiger partial charge in [-0.25, -0.2) is 5.11 Å². The third-order valence-electron chi connectivity index (χ3n) is 1.81. The maximum absolute atomic E-state index is 10.1. The molecule has 1 saturated heterocycles. The molecule has 1 aliphatic heterocycles. The lowest BCUT2D eigenvalue weighted by molar-refractivity contribution is -0.0360. The van der Waals surface area contributed by atoms with Crippen molar-refractivity contribution < 1.29 is 14.6 Å². The first-order valence-corrected chi connectivity index (χ1v) is 4.39. The van der Waals surface area contributed by atoms with E-state index in [0.29, 0.717) is 19.8 Å². The lowest BCUT2D eigenvalue weighted by Crippen LogP contribution is -2.37. The summed E-state index contributed by atoms with van der Waals surface area (Å²) < 4.78 is 10.5. The highest BCUT2D eigenvalue weighted by Gasteiger charge is 2.08. The van der Waals surface area contributed by atoms with Gasteiger partial charge in [0.2, 0.25) is 0 Å². The van der Waals surface area contributed by atoms with E-state index in [9.17, 15) is 5.11 Å². The summed E-state index contributed by atoms with van der Waals surface area (Å²) in [5.41, 5.74) is 0. The van der Waals surface area contributed by atoms with Crippen molar-refractivity contribution in [2.24, 2.45) is 0 Å². The molecule has 71 valence electrons. The first kappa shape index (κ1) is 9.92. The lowest BCUT2D eigenvalue weighted by atomic mass is 10.4. The Labute approximate surface area is 73.1 Å². The molecule has 0 amide bonds. The van der Waals surface area contributed by atoms with Crippen molar-refractivity contribution in [1.82, 2.24) is 4.90 Å². The standard InChI is InChI=1S/C8H16NO3/c10-4-1-5-12-8-9-2-6-11-7-3-9/h1-8H2. The Bertz CT molecular complexity index is 104. The van der Waals surface area contributed by atoms with Crippen LogP contribution in [-0.4, -0.2) is 51.1 Å². The molecular formula is C8H16NO3. The number of hydrogen-bond donors (Lipinski definition) is 0. The van der Waals surface area contributed by atoms with Crippen molar-refractivity contribution in [2.45, 2.75) is 6.42 Å². The minimum atomic E-state index is -0.0386. The predicted molar refractivity (Wildman–Crippen MR) is 43.4 cm³/mol. The SMILES string of the molecule is [O]CCCOCN1CCOCC1. The monoisotopic (exact) mass is 174 g/mol. The molecule has 4 nitrogen and oxygen atoms in total. The van der Waals surface area contributed by atoms with E-state index >= 15 is 0 Å². The molecule has 0 saturated carbocycles. The van der Waals surface area contributed by atoms with Crippen LogP contribution in [-0.2, 0) is 14.6 Å². The van der Waals surface area contributed by atoms with Gasteiger partial charge >= 0.3 is 0 Å². The predicted octanol–water partition coefficient (Wildman–Crippen LogP) is 0.113. The summed E-state index contributed by atoms with van der Waals surface area (Å²) in [7, 11) is 0. The average Bonchev–Trinajstić information content (AvgIpc) is 2.14. The number of ether oxygens (including phenoxy) is 2. The molecule has 1 heterocycles. The zero-order chi connectivity index (χ0) is 8.65. The highest BCUT2D eigenvalue weighted by molar-refractivity contribution is 4.56. The molecule has 1 fully saturated rings. The molecule has 1 aliphatic rings. The first-order chi connectivity index (χ1) is 5.93. The van der Waals surface area contributed by atoms with Gasteiger partial charge < -0.3 is 9.47 Å². The van der Waals surface area contributed by atoms with Crippen LogP contribution in [0, 0.1) is 0 Å². The quantitative estimate of drug-likeness (QED) is 0.556. The zero-order valence-corrected chi connectivity index (χ0v) is 7.33. The average molecular weight is 174 g/mol. The molecule has 0 atom stereocenters. The molecule has 12 heavy (non-hydrogen) atoms. The molecule has 0 bridgehead atoms. The van der Waals surface area contributed by atoms with E-state index in [-0.39, 0.29) is 6.61 Å². The Morgan fingerprint density at radius 2 is 2.08 bits per heavy atom. The van der Waals surface area contributed by atoms with E-state index < -0.39 is 0 Å². The summed E-state index contributed by atoms with van der Waals surface area (Å²) in [4.78, 5) is 2.19. The minimum absolute atomic E-state index is 0.0386.